The monoisotopic (exact) mass is 332 g/mol. The molecule has 0 radical (unpaired) electrons. The lowest BCUT2D eigenvalue weighted by atomic mass is 10.0. The normalized spacial score (nSPS) is 20.4. The molecule has 21 heavy (non-hydrogen) atoms. The van der Waals surface area contributed by atoms with Crippen LogP contribution in [0.5, 0.6) is 0 Å². The van der Waals surface area contributed by atoms with E-state index < -0.39 is 0 Å². The quantitative estimate of drug-likeness (QED) is 0.871. The largest absolute Gasteiger partial charge is 0.375 e. The SMILES string of the molecule is COC(c1ccc(Cl)cc1)C(C)NC(=O)C1CCCN1.Cl. The minimum Gasteiger partial charge on any atom is -0.375 e. The number of carbonyl (C=O) groups excluding carboxylic acids is 1. The van der Waals surface area contributed by atoms with Gasteiger partial charge in [0.2, 0.25) is 5.91 Å². The molecule has 1 heterocycles. The van der Waals surface area contributed by atoms with Crippen molar-refractivity contribution in [2.24, 2.45) is 0 Å². The molecule has 6 heteroatoms. The molecule has 1 saturated heterocycles. The van der Waals surface area contributed by atoms with Gasteiger partial charge in [-0.3, -0.25) is 4.79 Å². The Kier molecular flexibility index (Phi) is 7.46. The predicted octanol–water partition coefficient (Wildman–Crippen LogP) is 2.71. The molecule has 0 saturated carbocycles. The molecule has 3 unspecified atom stereocenters. The van der Waals surface area contributed by atoms with E-state index in [1.807, 2.05) is 31.2 Å². The molecule has 1 aliphatic heterocycles. The molecule has 1 aromatic rings. The van der Waals surface area contributed by atoms with Crippen molar-refractivity contribution < 1.29 is 9.53 Å². The van der Waals surface area contributed by atoms with Gasteiger partial charge >= 0.3 is 0 Å². The Morgan fingerprint density at radius 3 is 2.62 bits per heavy atom. The van der Waals surface area contributed by atoms with Crippen LogP contribution in [0.25, 0.3) is 0 Å². The zero-order chi connectivity index (χ0) is 14.5. The first-order valence-corrected chi connectivity index (χ1v) is 7.31. The highest BCUT2D eigenvalue weighted by Gasteiger charge is 2.26. The summed E-state index contributed by atoms with van der Waals surface area (Å²) in [5, 5.41) is 6.91. The van der Waals surface area contributed by atoms with Crippen LogP contribution in [0.4, 0.5) is 0 Å². The number of hydrogen-bond donors (Lipinski definition) is 2. The van der Waals surface area contributed by atoms with Gasteiger partial charge in [-0.2, -0.15) is 0 Å². The van der Waals surface area contributed by atoms with Crippen LogP contribution >= 0.6 is 24.0 Å². The number of benzene rings is 1. The van der Waals surface area contributed by atoms with Gasteiger partial charge in [-0.15, -0.1) is 12.4 Å². The molecule has 2 N–H and O–H groups in total. The smallest absolute Gasteiger partial charge is 0.237 e. The standard InChI is InChI=1S/C15H21ClN2O2.ClH/c1-10(18-15(19)13-4-3-9-17-13)14(20-2)11-5-7-12(16)8-6-11;/h5-8,10,13-14,17H,3-4,9H2,1-2H3,(H,18,19);1H. The molecule has 0 aliphatic carbocycles. The zero-order valence-electron chi connectivity index (χ0n) is 12.3. The molecule has 1 amide bonds. The minimum atomic E-state index is -0.183. The average molecular weight is 333 g/mol. The summed E-state index contributed by atoms with van der Waals surface area (Å²) in [5.74, 6) is 0.0472. The highest BCUT2D eigenvalue weighted by atomic mass is 35.5. The van der Waals surface area contributed by atoms with E-state index in [2.05, 4.69) is 10.6 Å². The third kappa shape index (κ3) is 4.85. The van der Waals surface area contributed by atoms with Crippen molar-refractivity contribution in [1.29, 1.82) is 0 Å². The summed E-state index contributed by atoms with van der Waals surface area (Å²) in [4.78, 5) is 12.1. The first-order chi connectivity index (χ1) is 9.61. The topological polar surface area (TPSA) is 50.4 Å². The summed E-state index contributed by atoms with van der Waals surface area (Å²) in [6.45, 7) is 2.87. The van der Waals surface area contributed by atoms with E-state index >= 15 is 0 Å². The van der Waals surface area contributed by atoms with Crippen LogP contribution in [-0.2, 0) is 9.53 Å². The Bertz CT molecular complexity index is 447. The van der Waals surface area contributed by atoms with E-state index in [4.69, 9.17) is 16.3 Å². The van der Waals surface area contributed by atoms with Gasteiger partial charge in [-0.25, -0.2) is 0 Å². The van der Waals surface area contributed by atoms with E-state index in [-0.39, 0.29) is 36.5 Å². The molecular formula is C15H22Cl2N2O2. The number of amides is 1. The van der Waals surface area contributed by atoms with Crippen LogP contribution in [0, 0.1) is 0 Å². The van der Waals surface area contributed by atoms with E-state index in [1.54, 1.807) is 7.11 Å². The predicted molar refractivity (Wildman–Crippen MR) is 87.1 cm³/mol. The number of hydrogen-bond acceptors (Lipinski definition) is 3. The Morgan fingerprint density at radius 2 is 2.10 bits per heavy atom. The molecule has 4 nitrogen and oxygen atoms in total. The molecular weight excluding hydrogens is 311 g/mol. The molecule has 3 atom stereocenters. The van der Waals surface area contributed by atoms with Crippen LogP contribution < -0.4 is 10.6 Å². The maximum atomic E-state index is 12.1. The summed E-state index contributed by atoms with van der Waals surface area (Å²) in [6, 6.07) is 7.34. The van der Waals surface area contributed by atoms with E-state index in [0.29, 0.717) is 5.02 Å². The number of methoxy groups -OCH3 is 1. The van der Waals surface area contributed by atoms with Crippen molar-refractivity contribution in [2.45, 2.75) is 38.0 Å². The molecule has 0 aromatic heterocycles. The molecule has 1 fully saturated rings. The second-order valence-corrected chi connectivity index (χ2v) is 5.59. The maximum Gasteiger partial charge on any atom is 0.237 e. The molecule has 1 aliphatic rings. The van der Waals surface area contributed by atoms with Gasteiger partial charge in [0.05, 0.1) is 12.1 Å². The van der Waals surface area contributed by atoms with Crippen LogP contribution in [0.1, 0.15) is 31.4 Å². The average Bonchev–Trinajstić information content (AvgIpc) is 2.96. The van der Waals surface area contributed by atoms with Gasteiger partial charge in [-0.05, 0) is 44.0 Å². The van der Waals surface area contributed by atoms with Crippen molar-refractivity contribution in [1.82, 2.24) is 10.6 Å². The number of halogens is 2. The zero-order valence-corrected chi connectivity index (χ0v) is 13.8. The van der Waals surface area contributed by atoms with Gasteiger partial charge in [0.25, 0.3) is 0 Å². The fourth-order valence-corrected chi connectivity index (χ4v) is 2.72. The van der Waals surface area contributed by atoms with E-state index in [0.717, 1.165) is 24.9 Å². The summed E-state index contributed by atoms with van der Waals surface area (Å²) >= 11 is 5.89. The first kappa shape index (κ1) is 18.2. The number of nitrogens with one attached hydrogen (secondary N) is 2. The van der Waals surface area contributed by atoms with Crippen LogP contribution in [0.2, 0.25) is 5.02 Å². The lowest BCUT2D eigenvalue weighted by Crippen LogP contribution is -2.46. The van der Waals surface area contributed by atoms with E-state index in [1.165, 1.54) is 0 Å². The number of rotatable bonds is 5. The summed E-state index contributed by atoms with van der Waals surface area (Å²) < 4.78 is 5.52. The molecule has 2 rings (SSSR count). The number of carbonyl (C=O) groups is 1. The summed E-state index contributed by atoms with van der Waals surface area (Å²) in [5.41, 5.74) is 1.00. The maximum absolute atomic E-state index is 12.1. The molecule has 0 spiro atoms. The van der Waals surface area contributed by atoms with Crippen LogP contribution in [-0.4, -0.2) is 31.6 Å². The van der Waals surface area contributed by atoms with Gasteiger partial charge in [-0.1, -0.05) is 23.7 Å². The second kappa shape index (κ2) is 8.59. The van der Waals surface area contributed by atoms with Gasteiger partial charge in [0.1, 0.15) is 6.10 Å². The molecule has 1 aromatic carbocycles. The Morgan fingerprint density at radius 1 is 1.43 bits per heavy atom. The van der Waals surface area contributed by atoms with Gasteiger partial charge in [0, 0.05) is 12.1 Å². The van der Waals surface area contributed by atoms with Crippen molar-refractivity contribution >= 4 is 29.9 Å². The van der Waals surface area contributed by atoms with Crippen molar-refractivity contribution in [3.05, 3.63) is 34.9 Å². The lowest BCUT2D eigenvalue weighted by Gasteiger charge is -2.25. The van der Waals surface area contributed by atoms with Crippen LogP contribution in [0.15, 0.2) is 24.3 Å². The lowest BCUT2D eigenvalue weighted by molar-refractivity contribution is -0.124. The van der Waals surface area contributed by atoms with E-state index in [9.17, 15) is 4.79 Å². The Balaban J connectivity index is 0.00000220. The third-order valence-corrected chi connectivity index (χ3v) is 3.91. The fourth-order valence-electron chi connectivity index (χ4n) is 2.59. The minimum absolute atomic E-state index is 0. The third-order valence-electron chi connectivity index (χ3n) is 3.65. The van der Waals surface area contributed by atoms with Gasteiger partial charge in [0.15, 0.2) is 0 Å². The first-order valence-electron chi connectivity index (χ1n) is 6.94. The highest BCUT2D eigenvalue weighted by molar-refractivity contribution is 6.30. The van der Waals surface area contributed by atoms with Gasteiger partial charge < -0.3 is 15.4 Å². The summed E-state index contributed by atoms with van der Waals surface area (Å²) in [6.07, 6.45) is 1.77. The van der Waals surface area contributed by atoms with Crippen molar-refractivity contribution in [3.63, 3.8) is 0 Å². The second-order valence-electron chi connectivity index (χ2n) is 5.15. The Labute approximate surface area is 137 Å². The Hall–Kier alpha value is -0.810. The highest BCUT2D eigenvalue weighted by Crippen LogP contribution is 2.22. The number of ether oxygens (including phenoxy) is 1. The van der Waals surface area contributed by atoms with Crippen molar-refractivity contribution in [2.75, 3.05) is 13.7 Å². The van der Waals surface area contributed by atoms with Crippen LogP contribution in [0.3, 0.4) is 0 Å². The summed E-state index contributed by atoms with van der Waals surface area (Å²) in [7, 11) is 1.65. The van der Waals surface area contributed by atoms with Crippen molar-refractivity contribution in [3.8, 4) is 0 Å². The molecule has 0 bridgehead atoms. The fraction of sp³-hybridized carbons (Fsp3) is 0.533. The molecule has 118 valence electrons.